The zero-order valence-corrected chi connectivity index (χ0v) is 15.9. The first-order chi connectivity index (χ1) is 12.8. The predicted octanol–water partition coefficient (Wildman–Crippen LogP) is 5.19. The van der Waals surface area contributed by atoms with Crippen molar-refractivity contribution >= 4 is 34.8 Å². The van der Waals surface area contributed by atoms with Crippen LogP contribution in [0, 0.1) is 26.6 Å². The molecule has 2 N–H and O–H groups in total. The van der Waals surface area contributed by atoms with Gasteiger partial charge in [0.05, 0.1) is 5.02 Å². The first kappa shape index (κ1) is 18.8. The number of halogens is 2. The largest absolute Gasteiger partial charge is 0.324 e. The summed E-state index contributed by atoms with van der Waals surface area (Å²) in [7, 11) is 0. The Morgan fingerprint density at radius 1 is 1.04 bits per heavy atom. The van der Waals surface area contributed by atoms with Crippen LogP contribution in [0.1, 0.15) is 27.3 Å². The standard InChI is InChI=1S/C20H18ClFN4O/c1-11-4-5-12(2)17(8-11)25-19(27)18-9-13(3)23-20(26-18)24-14-6-7-16(22)15(21)10-14/h4-10H,1-3H3,(H,25,27)(H,23,24,26). The van der Waals surface area contributed by atoms with E-state index < -0.39 is 5.82 Å². The van der Waals surface area contributed by atoms with Crippen molar-refractivity contribution in [3.05, 3.63) is 75.8 Å². The van der Waals surface area contributed by atoms with Gasteiger partial charge in [0.1, 0.15) is 11.5 Å². The maximum Gasteiger partial charge on any atom is 0.274 e. The number of aromatic nitrogens is 2. The maximum absolute atomic E-state index is 13.3. The minimum atomic E-state index is -0.513. The monoisotopic (exact) mass is 384 g/mol. The molecule has 5 nitrogen and oxygen atoms in total. The smallest absolute Gasteiger partial charge is 0.274 e. The van der Waals surface area contributed by atoms with Crippen molar-refractivity contribution in [1.29, 1.82) is 0 Å². The second-order valence-electron chi connectivity index (χ2n) is 6.24. The molecule has 0 saturated carbocycles. The molecule has 1 heterocycles. The molecule has 27 heavy (non-hydrogen) atoms. The Morgan fingerprint density at radius 3 is 2.56 bits per heavy atom. The number of carbonyl (C=O) groups excluding carboxylic acids is 1. The van der Waals surface area contributed by atoms with Crippen molar-refractivity contribution in [1.82, 2.24) is 9.97 Å². The van der Waals surface area contributed by atoms with Crippen LogP contribution in [0.15, 0.2) is 42.5 Å². The van der Waals surface area contributed by atoms with Crippen LogP contribution >= 0.6 is 11.6 Å². The van der Waals surface area contributed by atoms with E-state index in [1.807, 2.05) is 32.0 Å². The van der Waals surface area contributed by atoms with Gasteiger partial charge >= 0.3 is 0 Å². The zero-order chi connectivity index (χ0) is 19.6. The second kappa shape index (κ2) is 7.72. The quantitative estimate of drug-likeness (QED) is 0.649. The molecule has 1 amide bonds. The van der Waals surface area contributed by atoms with Crippen LogP contribution in [-0.4, -0.2) is 15.9 Å². The molecule has 0 spiro atoms. The summed E-state index contributed by atoms with van der Waals surface area (Å²) in [6.45, 7) is 5.64. The van der Waals surface area contributed by atoms with Gasteiger partial charge in [-0.15, -0.1) is 0 Å². The van der Waals surface area contributed by atoms with E-state index in [1.165, 1.54) is 18.2 Å². The van der Waals surface area contributed by atoms with Crippen LogP contribution in [-0.2, 0) is 0 Å². The van der Waals surface area contributed by atoms with Gasteiger partial charge in [0.15, 0.2) is 0 Å². The Bertz CT molecular complexity index is 1020. The van der Waals surface area contributed by atoms with Gasteiger partial charge in [-0.3, -0.25) is 4.79 Å². The van der Waals surface area contributed by atoms with E-state index in [-0.39, 0.29) is 22.6 Å². The van der Waals surface area contributed by atoms with Crippen molar-refractivity contribution in [2.24, 2.45) is 0 Å². The highest BCUT2D eigenvalue weighted by Gasteiger charge is 2.13. The lowest BCUT2D eigenvalue weighted by Gasteiger charge is -2.11. The summed E-state index contributed by atoms with van der Waals surface area (Å²) in [4.78, 5) is 21.2. The van der Waals surface area contributed by atoms with Gasteiger partial charge in [0.25, 0.3) is 5.91 Å². The van der Waals surface area contributed by atoms with Gasteiger partial charge in [-0.1, -0.05) is 23.7 Å². The fraction of sp³-hybridized carbons (Fsp3) is 0.150. The van der Waals surface area contributed by atoms with Gasteiger partial charge in [-0.2, -0.15) is 0 Å². The highest BCUT2D eigenvalue weighted by molar-refractivity contribution is 6.31. The molecule has 0 unspecified atom stereocenters. The molecule has 0 aliphatic heterocycles. The van der Waals surface area contributed by atoms with Crippen molar-refractivity contribution in [3.63, 3.8) is 0 Å². The van der Waals surface area contributed by atoms with Crippen LogP contribution < -0.4 is 10.6 Å². The third-order valence-corrected chi connectivity index (χ3v) is 4.19. The first-order valence-corrected chi connectivity index (χ1v) is 8.66. The van der Waals surface area contributed by atoms with Gasteiger partial charge in [-0.05, 0) is 62.2 Å². The fourth-order valence-electron chi connectivity index (χ4n) is 2.50. The van der Waals surface area contributed by atoms with E-state index in [0.29, 0.717) is 11.4 Å². The lowest BCUT2D eigenvalue weighted by molar-refractivity contribution is 0.102. The minimum absolute atomic E-state index is 0.0134. The lowest BCUT2D eigenvalue weighted by Crippen LogP contribution is -2.16. The number of benzene rings is 2. The van der Waals surface area contributed by atoms with Gasteiger partial charge < -0.3 is 10.6 Å². The highest BCUT2D eigenvalue weighted by atomic mass is 35.5. The summed E-state index contributed by atoms with van der Waals surface area (Å²) in [5.41, 5.74) is 4.10. The molecule has 0 atom stereocenters. The number of hydrogen-bond donors (Lipinski definition) is 2. The molecule has 0 fully saturated rings. The molecular weight excluding hydrogens is 367 g/mol. The summed E-state index contributed by atoms with van der Waals surface area (Å²) in [6, 6.07) is 11.6. The Balaban J connectivity index is 1.84. The van der Waals surface area contributed by atoms with E-state index in [1.54, 1.807) is 13.0 Å². The van der Waals surface area contributed by atoms with Crippen molar-refractivity contribution in [3.8, 4) is 0 Å². The number of anilines is 3. The summed E-state index contributed by atoms with van der Waals surface area (Å²) >= 11 is 5.79. The minimum Gasteiger partial charge on any atom is -0.324 e. The average molecular weight is 385 g/mol. The third-order valence-electron chi connectivity index (χ3n) is 3.90. The fourth-order valence-corrected chi connectivity index (χ4v) is 2.68. The summed E-state index contributed by atoms with van der Waals surface area (Å²) in [5.74, 6) is -0.626. The number of aryl methyl sites for hydroxylation is 3. The van der Waals surface area contributed by atoms with Crippen molar-refractivity contribution in [2.45, 2.75) is 20.8 Å². The lowest BCUT2D eigenvalue weighted by atomic mass is 10.1. The molecule has 0 radical (unpaired) electrons. The van der Waals surface area contributed by atoms with E-state index in [4.69, 9.17) is 11.6 Å². The molecule has 0 aliphatic carbocycles. The van der Waals surface area contributed by atoms with E-state index in [9.17, 15) is 9.18 Å². The number of carbonyl (C=O) groups is 1. The Labute approximate surface area is 161 Å². The molecule has 7 heteroatoms. The van der Waals surface area contributed by atoms with Crippen LogP contribution in [0.4, 0.5) is 21.7 Å². The number of amides is 1. The van der Waals surface area contributed by atoms with Crippen molar-refractivity contribution in [2.75, 3.05) is 10.6 Å². The molecule has 1 aromatic heterocycles. The Hall–Kier alpha value is -2.99. The molecule has 0 bridgehead atoms. The maximum atomic E-state index is 13.3. The molecule has 0 aliphatic rings. The van der Waals surface area contributed by atoms with Crippen LogP contribution in [0.25, 0.3) is 0 Å². The normalized spacial score (nSPS) is 10.6. The zero-order valence-electron chi connectivity index (χ0n) is 15.1. The second-order valence-corrected chi connectivity index (χ2v) is 6.65. The molecule has 3 aromatic rings. The average Bonchev–Trinajstić information content (AvgIpc) is 2.61. The Morgan fingerprint density at radius 2 is 1.81 bits per heavy atom. The van der Waals surface area contributed by atoms with Crippen molar-refractivity contribution < 1.29 is 9.18 Å². The van der Waals surface area contributed by atoms with E-state index >= 15 is 0 Å². The van der Waals surface area contributed by atoms with Crippen LogP contribution in [0.2, 0.25) is 5.02 Å². The molecule has 0 saturated heterocycles. The molecule has 2 aromatic carbocycles. The summed E-state index contributed by atoms with van der Waals surface area (Å²) in [6.07, 6.45) is 0. The summed E-state index contributed by atoms with van der Waals surface area (Å²) in [5, 5.41) is 5.80. The molecule has 3 rings (SSSR count). The molecule has 138 valence electrons. The number of nitrogens with zero attached hydrogens (tertiary/aromatic N) is 2. The topological polar surface area (TPSA) is 66.9 Å². The third kappa shape index (κ3) is 4.60. The number of hydrogen-bond acceptors (Lipinski definition) is 4. The van der Waals surface area contributed by atoms with Crippen LogP contribution in [0.3, 0.4) is 0 Å². The highest BCUT2D eigenvalue weighted by Crippen LogP contribution is 2.22. The molecular formula is C20H18ClFN4O. The Kier molecular flexibility index (Phi) is 5.37. The van der Waals surface area contributed by atoms with Gasteiger partial charge in [0, 0.05) is 17.1 Å². The summed E-state index contributed by atoms with van der Waals surface area (Å²) < 4.78 is 13.3. The van der Waals surface area contributed by atoms with E-state index in [2.05, 4.69) is 20.6 Å². The predicted molar refractivity (Wildman–Crippen MR) is 105 cm³/mol. The van der Waals surface area contributed by atoms with Gasteiger partial charge in [0.2, 0.25) is 5.95 Å². The first-order valence-electron chi connectivity index (χ1n) is 8.28. The van der Waals surface area contributed by atoms with Crippen LogP contribution in [0.5, 0.6) is 0 Å². The van der Waals surface area contributed by atoms with Gasteiger partial charge in [-0.25, -0.2) is 14.4 Å². The number of nitrogens with one attached hydrogen (secondary N) is 2. The van der Waals surface area contributed by atoms with E-state index in [0.717, 1.165) is 16.8 Å². The SMILES string of the molecule is Cc1ccc(C)c(NC(=O)c2cc(C)nc(Nc3ccc(F)c(Cl)c3)n2)c1. The number of rotatable bonds is 4.